The lowest BCUT2D eigenvalue weighted by Crippen LogP contribution is -2.39. The van der Waals surface area contributed by atoms with Crippen molar-refractivity contribution >= 4 is 17.3 Å². The molecule has 0 radical (unpaired) electrons. The number of para-hydroxylation sites is 2. The first-order valence-electron chi connectivity index (χ1n) is 9.54. The van der Waals surface area contributed by atoms with E-state index in [0.717, 1.165) is 25.3 Å². The van der Waals surface area contributed by atoms with E-state index in [-0.39, 0.29) is 11.9 Å². The average molecular weight is 351 g/mol. The summed E-state index contributed by atoms with van der Waals surface area (Å²) in [5, 5.41) is 3.00. The van der Waals surface area contributed by atoms with Gasteiger partial charge in [-0.05, 0) is 57.0 Å². The van der Waals surface area contributed by atoms with Gasteiger partial charge < -0.3 is 10.2 Å². The molecule has 0 aliphatic carbocycles. The van der Waals surface area contributed by atoms with Gasteiger partial charge in [0.05, 0.1) is 6.04 Å². The van der Waals surface area contributed by atoms with Gasteiger partial charge in [-0.25, -0.2) is 0 Å². The summed E-state index contributed by atoms with van der Waals surface area (Å²) in [6, 6.07) is 18.0. The SMILES string of the molecule is C[C@@H](C(=O)Nc1ccccc1)N(C)Cc1ccccc1N1CCCCC1. The summed E-state index contributed by atoms with van der Waals surface area (Å²) < 4.78 is 0. The Balaban J connectivity index is 1.65. The molecule has 1 saturated heterocycles. The number of likely N-dealkylation sites (N-methyl/N-ethyl adjacent to an activating group) is 1. The summed E-state index contributed by atoms with van der Waals surface area (Å²) in [7, 11) is 2.02. The lowest BCUT2D eigenvalue weighted by atomic mass is 10.1. The number of benzene rings is 2. The van der Waals surface area contributed by atoms with Crippen molar-refractivity contribution in [3.63, 3.8) is 0 Å². The first kappa shape index (κ1) is 18.5. The molecule has 1 atom stereocenters. The molecule has 2 aromatic rings. The first-order chi connectivity index (χ1) is 12.6. The highest BCUT2D eigenvalue weighted by Crippen LogP contribution is 2.25. The van der Waals surface area contributed by atoms with E-state index in [4.69, 9.17) is 0 Å². The van der Waals surface area contributed by atoms with Crippen LogP contribution >= 0.6 is 0 Å². The highest BCUT2D eigenvalue weighted by atomic mass is 16.2. The molecule has 3 rings (SSSR count). The lowest BCUT2D eigenvalue weighted by molar-refractivity contribution is -0.120. The molecule has 1 heterocycles. The average Bonchev–Trinajstić information content (AvgIpc) is 2.69. The van der Waals surface area contributed by atoms with E-state index in [1.807, 2.05) is 44.3 Å². The van der Waals surface area contributed by atoms with Crippen molar-refractivity contribution in [2.45, 2.75) is 38.8 Å². The predicted molar refractivity (Wildman–Crippen MR) is 109 cm³/mol. The Hall–Kier alpha value is -2.33. The number of carbonyl (C=O) groups excluding carboxylic acids is 1. The molecule has 2 aromatic carbocycles. The van der Waals surface area contributed by atoms with E-state index in [1.54, 1.807) is 0 Å². The third kappa shape index (κ3) is 4.64. The van der Waals surface area contributed by atoms with Gasteiger partial charge in [-0.3, -0.25) is 9.69 Å². The molecular weight excluding hydrogens is 322 g/mol. The van der Waals surface area contributed by atoms with Crippen LogP contribution in [-0.4, -0.2) is 37.0 Å². The van der Waals surface area contributed by atoms with Crippen molar-refractivity contribution < 1.29 is 4.79 Å². The molecule has 1 aliphatic heterocycles. The van der Waals surface area contributed by atoms with Crippen LogP contribution in [0, 0.1) is 0 Å². The van der Waals surface area contributed by atoms with E-state index in [0.29, 0.717) is 0 Å². The van der Waals surface area contributed by atoms with Crippen LogP contribution in [0.4, 0.5) is 11.4 Å². The van der Waals surface area contributed by atoms with Crippen LogP contribution in [0.3, 0.4) is 0 Å². The van der Waals surface area contributed by atoms with Crippen molar-refractivity contribution in [3.8, 4) is 0 Å². The van der Waals surface area contributed by atoms with Gasteiger partial charge in [0.1, 0.15) is 0 Å². The van der Waals surface area contributed by atoms with Crippen LogP contribution in [0.25, 0.3) is 0 Å². The maximum atomic E-state index is 12.6. The van der Waals surface area contributed by atoms with Gasteiger partial charge in [0.25, 0.3) is 0 Å². The zero-order valence-corrected chi connectivity index (χ0v) is 15.8. The van der Waals surface area contributed by atoms with E-state index in [2.05, 4.69) is 39.4 Å². The van der Waals surface area contributed by atoms with Crippen molar-refractivity contribution in [1.29, 1.82) is 0 Å². The summed E-state index contributed by atoms with van der Waals surface area (Å²) in [5.41, 5.74) is 3.44. The topological polar surface area (TPSA) is 35.6 Å². The Labute approximate surface area is 156 Å². The van der Waals surface area contributed by atoms with E-state index in [1.165, 1.54) is 30.5 Å². The molecule has 1 aliphatic rings. The van der Waals surface area contributed by atoms with Gasteiger partial charge in [-0.1, -0.05) is 36.4 Å². The summed E-state index contributed by atoms with van der Waals surface area (Å²) in [5.74, 6) is 0.0224. The quantitative estimate of drug-likeness (QED) is 0.850. The van der Waals surface area contributed by atoms with Crippen molar-refractivity contribution in [2.75, 3.05) is 30.4 Å². The molecule has 0 unspecified atom stereocenters. The number of amides is 1. The number of nitrogens with one attached hydrogen (secondary N) is 1. The zero-order valence-electron chi connectivity index (χ0n) is 15.8. The molecule has 1 fully saturated rings. The summed E-state index contributed by atoms with van der Waals surface area (Å²) in [6.07, 6.45) is 3.86. The fourth-order valence-corrected chi connectivity index (χ4v) is 3.46. The fourth-order valence-electron chi connectivity index (χ4n) is 3.46. The highest BCUT2D eigenvalue weighted by molar-refractivity contribution is 5.94. The number of nitrogens with zero attached hydrogens (tertiary/aromatic N) is 2. The lowest BCUT2D eigenvalue weighted by Gasteiger charge is -2.32. The largest absolute Gasteiger partial charge is 0.371 e. The van der Waals surface area contributed by atoms with Crippen LogP contribution in [0.15, 0.2) is 54.6 Å². The minimum Gasteiger partial charge on any atom is -0.371 e. The second kappa shape index (κ2) is 8.86. The fraction of sp³-hybridized carbons (Fsp3) is 0.409. The second-order valence-corrected chi connectivity index (χ2v) is 7.12. The molecule has 1 amide bonds. The molecule has 4 heteroatoms. The van der Waals surface area contributed by atoms with Gasteiger partial charge in [0.15, 0.2) is 0 Å². The van der Waals surface area contributed by atoms with Crippen molar-refractivity contribution in [2.24, 2.45) is 0 Å². The molecule has 0 spiro atoms. The van der Waals surface area contributed by atoms with Crippen LogP contribution in [-0.2, 0) is 11.3 Å². The van der Waals surface area contributed by atoms with Crippen molar-refractivity contribution in [3.05, 3.63) is 60.2 Å². The predicted octanol–water partition coefficient (Wildman–Crippen LogP) is 4.14. The Bertz CT molecular complexity index is 710. The van der Waals surface area contributed by atoms with Gasteiger partial charge in [-0.15, -0.1) is 0 Å². The first-order valence-corrected chi connectivity index (χ1v) is 9.54. The number of carbonyl (C=O) groups is 1. The molecule has 1 N–H and O–H groups in total. The number of anilines is 2. The van der Waals surface area contributed by atoms with Crippen LogP contribution in [0.1, 0.15) is 31.7 Å². The van der Waals surface area contributed by atoms with Gasteiger partial charge in [0.2, 0.25) is 5.91 Å². The van der Waals surface area contributed by atoms with Gasteiger partial charge >= 0.3 is 0 Å². The number of piperidine rings is 1. The molecule has 0 saturated carbocycles. The van der Waals surface area contributed by atoms with Crippen molar-refractivity contribution in [1.82, 2.24) is 4.90 Å². The number of hydrogen-bond donors (Lipinski definition) is 1. The number of hydrogen-bond acceptors (Lipinski definition) is 3. The Morgan fingerprint density at radius 2 is 1.69 bits per heavy atom. The van der Waals surface area contributed by atoms with Gasteiger partial charge in [-0.2, -0.15) is 0 Å². The maximum Gasteiger partial charge on any atom is 0.241 e. The zero-order chi connectivity index (χ0) is 18.4. The molecule has 0 aromatic heterocycles. The Kier molecular flexibility index (Phi) is 6.29. The van der Waals surface area contributed by atoms with Gasteiger partial charge in [0, 0.05) is 31.0 Å². The Morgan fingerprint density at radius 1 is 1.04 bits per heavy atom. The standard InChI is InChI=1S/C22H29N3O/c1-18(22(26)23-20-12-5-3-6-13-20)24(2)17-19-11-7-8-14-21(19)25-15-9-4-10-16-25/h3,5-8,11-14,18H,4,9-10,15-17H2,1-2H3,(H,23,26)/t18-/m0/s1. The van der Waals surface area contributed by atoms with Crippen LogP contribution < -0.4 is 10.2 Å². The molecular formula is C22H29N3O. The van der Waals surface area contributed by atoms with Crippen LogP contribution in [0.5, 0.6) is 0 Å². The monoisotopic (exact) mass is 351 g/mol. The minimum atomic E-state index is -0.204. The number of rotatable bonds is 6. The third-order valence-corrected chi connectivity index (χ3v) is 5.19. The van der Waals surface area contributed by atoms with Crippen LogP contribution in [0.2, 0.25) is 0 Å². The summed E-state index contributed by atoms with van der Waals surface area (Å²) in [4.78, 5) is 17.2. The molecule has 0 bridgehead atoms. The second-order valence-electron chi connectivity index (χ2n) is 7.12. The molecule has 4 nitrogen and oxygen atoms in total. The molecule has 26 heavy (non-hydrogen) atoms. The summed E-state index contributed by atoms with van der Waals surface area (Å²) in [6.45, 7) is 4.98. The smallest absolute Gasteiger partial charge is 0.241 e. The highest BCUT2D eigenvalue weighted by Gasteiger charge is 2.20. The Morgan fingerprint density at radius 3 is 2.42 bits per heavy atom. The summed E-state index contributed by atoms with van der Waals surface area (Å²) >= 11 is 0. The van der Waals surface area contributed by atoms with E-state index < -0.39 is 0 Å². The minimum absolute atomic E-state index is 0.0224. The third-order valence-electron chi connectivity index (χ3n) is 5.19. The van der Waals surface area contributed by atoms with E-state index >= 15 is 0 Å². The maximum absolute atomic E-state index is 12.6. The molecule has 138 valence electrons. The van der Waals surface area contributed by atoms with E-state index in [9.17, 15) is 4.79 Å². The normalized spacial score (nSPS) is 15.7.